The van der Waals surface area contributed by atoms with Crippen molar-refractivity contribution in [2.45, 2.75) is 44.6 Å². The molecule has 9 nitrogen and oxygen atoms in total. The van der Waals surface area contributed by atoms with Gasteiger partial charge in [0, 0.05) is 0 Å². The number of aliphatic hydroxyl groups is 1. The molecule has 1 fully saturated rings. The van der Waals surface area contributed by atoms with Crippen molar-refractivity contribution in [3.05, 3.63) is 12.2 Å². The fraction of sp³-hybridized carbons (Fsp3) is 0.600. The molecule has 3 N–H and O–H groups in total. The number of hydrogen-bond acceptors (Lipinski definition) is 8. The highest BCUT2D eigenvalue weighted by Gasteiger charge is 2.46. The van der Waals surface area contributed by atoms with Gasteiger partial charge < -0.3 is 20.3 Å². The zero-order valence-corrected chi connectivity index (χ0v) is 14.7. The molecule has 0 amide bonds. The first-order valence-corrected chi connectivity index (χ1v) is 8.22. The highest BCUT2D eigenvalue weighted by molar-refractivity contribution is 5.81. The van der Waals surface area contributed by atoms with Gasteiger partial charge in [0.1, 0.15) is 24.3 Å². The molecule has 4 atom stereocenters. The standard InChI is InChI=1S/C15H17F4N5O4/c1-5(2)13(26)27-3-6-9(25)7(16)12(28-6)24-4-21-8-10(20)22-14(15(17,18)19)23-11(8)24/h4-7,9,12,25H,3H2,1-2H3,(H2,20,22,23)/t6-,7-,9?,12-/m1/s1. The van der Waals surface area contributed by atoms with Crippen LogP contribution in [0.25, 0.3) is 11.2 Å². The average molecular weight is 407 g/mol. The Kier molecular flexibility index (Phi) is 5.14. The molecule has 0 aromatic carbocycles. The van der Waals surface area contributed by atoms with Gasteiger partial charge in [-0.3, -0.25) is 9.36 Å². The fourth-order valence-corrected chi connectivity index (χ4v) is 2.65. The van der Waals surface area contributed by atoms with Crippen LogP contribution in [0.2, 0.25) is 0 Å². The number of carbonyl (C=O) groups excluding carboxylic acids is 1. The normalized spacial score (nSPS) is 25.6. The predicted octanol–water partition coefficient (Wildman–Crippen LogP) is 1.22. The molecule has 1 aliphatic heterocycles. The number of aliphatic hydroxyl groups excluding tert-OH is 1. The van der Waals surface area contributed by atoms with E-state index >= 15 is 0 Å². The van der Waals surface area contributed by atoms with Crippen molar-refractivity contribution in [3.63, 3.8) is 0 Å². The summed E-state index contributed by atoms with van der Waals surface area (Å²) in [4.78, 5) is 21.9. The Labute approximate surface area is 155 Å². The van der Waals surface area contributed by atoms with Crippen LogP contribution in [-0.4, -0.2) is 55.6 Å². The lowest BCUT2D eigenvalue weighted by Gasteiger charge is -2.16. The highest BCUT2D eigenvalue weighted by Crippen LogP contribution is 2.35. The second-order valence-electron chi connectivity index (χ2n) is 6.54. The van der Waals surface area contributed by atoms with Crippen LogP contribution in [0.5, 0.6) is 0 Å². The van der Waals surface area contributed by atoms with Gasteiger partial charge in [0.25, 0.3) is 0 Å². The molecule has 28 heavy (non-hydrogen) atoms. The lowest BCUT2D eigenvalue weighted by Crippen LogP contribution is -2.32. The number of carbonyl (C=O) groups is 1. The van der Waals surface area contributed by atoms with E-state index in [1.807, 2.05) is 0 Å². The van der Waals surface area contributed by atoms with Crippen molar-refractivity contribution in [2.75, 3.05) is 12.3 Å². The molecule has 0 radical (unpaired) electrons. The van der Waals surface area contributed by atoms with Gasteiger partial charge in [-0.1, -0.05) is 13.8 Å². The summed E-state index contributed by atoms with van der Waals surface area (Å²) in [6.07, 6.45) is -10.4. The van der Waals surface area contributed by atoms with E-state index in [0.29, 0.717) is 0 Å². The number of nitrogen functional groups attached to an aromatic ring is 1. The summed E-state index contributed by atoms with van der Waals surface area (Å²) < 4.78 is 64.6. The molecular weight excluding hydrogens is 390 g/mol. The Morgan fingerprint density at radius 1 is 1.43 bits per heavy atom. The smallest absolute Gasteiger partial charge is 0.451 e. The van der Waals surface area contributed by atoms with Crippen LogP contribution in [0, 0.1) is 5.92 Å². The molecule has 2 aromatic rings. The van der Waals surface area contributed by atoms with E-state index in [9.17, 15) is 27.5 Å². The zero-order chi connectivity index (χ0) is 20.8. The summed E-state index contributed by atoms with van der Waals surface area (Å²) in [7, 11) is 0. The van der Waals surface area contributed by atoms with Crippen molar-refractivity contribution < 1.29 is 36.9 Å². The van der Waals surface area contributed by atoms with E-state index in [4.69, 9.17) is 15.2 Å². The van der Waals surface area contributed by atoms with Crippen molar-refractivity contribution in [1.82, 2.24) is 19.5 Å². The zero-order valence-electron chi connectivity index (χ0n) is 14.7. The maximum Gasteiger partial charge on any atom is 0.451 e. The SMILES string of the molecule is CC(C)C(=O)OC[C@H]1O[C@@H](n2cnc3c(N)nc(C(F)(F)F)nc32)[C@H](F)C1O. The Bertz CT molecular complexity index is 887. The molecule has 1 unspecified atom stereocenters. The fourth-order valence-electron chi connectivity index (χ4n) is 2.65. The third-order valence-corrected chi connectivity index (χ3v) is 4.13. The van der Waals surface area contributed by atoms with Crippen molar-refractivity contribution >= 4 is 23.0 Å². The van der Waals surface area contributed by atoms with Gasteiger partial charge in [-0.05, 0) is 0 Å². The van der Waals surface area contributed by atoms with Crippen LogP contribution < -0.4 is 5.73 Å². The number of rotatable bonds is 4. The van der Waals surface area contributed by atoms with Gasteiger partial charge in [-0.15, -0.1) is 0 Å². The van der Waals surface area contributed by atoms with Gasteiger partial charge in [0.05, 0.1) is 12.2 Å². The van der Waals surface area contributed by atoms with Gasteiger partial charge >= 0.3 is 12.1 Å². The first kappa shape index (κ1) is 20.2. The number of esters is 1. The van der Waals surface area contributed by atoms with Crippen LogP contribution in [-0.2, 0) is 20.4 Å². The van der Waals surface area contributed by atoms with E-state index < -0.39 is 66.6 Å². The summed E-state index contributed by atoms with van der Waals surface area (Å²) in [6.45, 7) is 2.76. The lowest BCUT2D eigenvalue weighted by molar-refractivity contribution is -0.153. The summed E-state index contributed by atoms with van der Waals surface area (Å²) in [5, 5.41) is 10.0. The van der Waals surface area contributed by atoms with E-state index in [-0.39, 0.29) is 5.52 Å². The monoisotopic (exact) mass is 407 g/mol. The third-order valence-electron chi connectivity index (χ3n) is 4.13. The molecule has 154 valence electrons. The van der Waals surface area contributed by atoms with Crippen LogP contribution >= 0.6 is 0 Å². The minimum Gasteiger partial charge on any atom is -0.463 e. The third kappa shape index (κ3) is 3.58. The number of anilines is 1. The maximum absolute atomic E-state index is 14.6. The number of nitrogens with zero attached hydrogens (tertiary/aromatic N) is 4. The maximum atomic E-state index is 14.6. The number of imidazole rings is 1. The van der Waals surface area contributed by atoms with Crippen LogP contribution in [0.15, 0.2) is 6.33 Å². The minimum atomic E-state index is -4.88. The summed E-state index contributed by atoms with van der Waals surface area (Å²) >= 11 is 0. The molecule has 3 heterocycles. The molecule has 0 saturated carbocycles. The average Bonchev–Trinajstić information content (AvgIpc) is 3.14. The van der Waals surface area contributed by atoms with E-state index in [0.717, 1.165) is 10.9 Å². The second-order valence-corrected chi connectivity index (χ2v) is 6.54. The van der Waals surface area contributed by atoms with E-state index in [1.165, 1.54) is 0 Å². The number of nitrogens with two attached hydrogens (primary N) is 1. The Morgan fingerprint density at radius 3 is 2.71 bits per heavy atom. The molecule has 0 bridgehead atoms. The molecule has 2 aromatic heterocycles. The minimum absolute atomic E-state index is 0.173. The van der Waals surface area contributed by atoms with Gasteiger partial charge in [0.2, 0.25) is 5.82 Å². The molecule has 13 heteroatoms. The Balaban J connectivity index is 1.90. The summed E-state index contributed by atoms with van der Waals surface area (Å²) in [6, 6.07) is 0. The van der Waals surface area contributed by atoms with Gasteiger partial charge in [-0.25, -0.2) is 19.3 Å². The van der Waals surface area contributed by atoms with Crippen LogP contribution in [0.1, 0.15) is 25.9 Å². The topological polar surface area (TPSA) is 125 Å². The number of hydrogen-bond donors (Lipinski definition) is 2. The lowest BCUT2D eigenvalue weighted by atomic mass is 10.1. The molecule has 0 spiro atoms. The van der Waals surface area contributed by atoms with Crippen LogP contribution in [0.3, 0.4) is 0 Å². The van der Waals surface area contributed by atoms with E-state index in [1.54, 1.807) is 13.8 Å². The van der Waals surface area contributed by atoms with Crippen molar-refractivity contribution in [2.24, 2.45) is 5.92 Å². The second kappa shape index (κ2) is 7.13. The Hall–Kier alpha value is -2.54. The molecule has 3 rings (SSSR count). The first-order chi connectivity index (χ1) is 13.0. The largest absolute Gasteiger partial charge is 0.463 e. The highest BCUT2D eigenvalue weighted by atomic mass is 19.4. The number of halogens is 4. The molecule has 1 saturated heterocycles. The van der Waals surface area contributed by atoms with Gasteiger partial charge in [0.15, 0.2) is 23.9 Å². The molecule has 1 aliphatic rings. The first-order valence-electron chi connectivity index (χ1n) is 8.22. The number of ether oxygens (including phenoxy) is 2. The summed E-state index contributed by atoms with van der Waals surface area (Å²) in [5.41, 5.74) is 4.92. The summed E-state index contributed by atoms with van der Waals surface area (Å²) in [5.74, 6) is -3.06. The van der Waals surface area contributed by atoms with Crippen molar-refractivity contribution in [1.29, 1.82) is 0 Å². The predicted molar refractivity (Wildman–Crippen MR) is 85.3 cm³/mol. The van der Waals surface area contributed by atoms with Crippen molar-refractivity contribution in [3.8, 4) is 0 Å². The Morgan fingerprint density at radius 2 is 2.11 bits per heavy atom. The quantitative estimate of drug-likeness (QED) is 0.573. The van der Waals surface area contributed by atoms with Crippen LogP contribution in [0.4, 0.5) is 23.4 Å². The van der Waals surface area contributed by atoms with Gasteiger partial charge in [-0.2, -0.15) is 13.2 Å². The molecule has 0 aliphatic carbocycles. The number of alkyl halides is 4. The number of fused-ring (bicyclic) bond motifs is 1. The molecular formula is C15H17F4N5O4. The van der Waals surface area contributed by atoms with E-state index in [2.05, 4.69) is 15.0 Å². The number of aromatic nitrogens is 4.